The molecule has 0 fully saturated rings. The number of fused-ring (bicyclic) bond motifs is 9. The van der Waals surface area contributed by atoms with Crippen LogP contribution in [0.15, 0.2) is 212 Å². The first-order chi connectivity index (χ1) is 37.5. The Kier molecular flexibility index (Phi) is 3.72. The van der Waals surface area contributed by atoms with Crippen LogP contribution in [0, 0.1) is 0 Å². The number of benzene rings is 9. The molecule has 0 saturated carbocycles. The molecule has 0 spiro atoms. The predicted octanol–water partition coefficient (Wildman–Crippen LogP) is 14.3. The van der Waals surface area contributed by atoms with Crippen LogP contribution < -0.4 is 0 Å². The van der Waals surface area contributed by atoms with E-state index < -0.39 is 188 Å². The van der Waals surface area contributed by atoms with Gasteiger partial charge in [0.1, 0.15) is 0 Å². The zero-order valence-corrected chi connectivity index (χ0v) is 29.3. The Bertz CT molecular complexity index is 4660. The fourth-order valence-electron chi connectivity index (χ4n) is 7.80. The van der Waals surface area contributed by atoms with E-state index in [4.69, 9.17) is 13.7 Å². The molecule has 0 amide bonds. The molecule has 0 atom stereocenters. The number of hydrogen-bond acceptors (Lipinski definition) is 0. The lowest BCUT2D eigenvalue weighted by molar-refractivity contribution is 1.15. The van der Waals surface area contributed by atoms with Gasteiger partial charge in [0.05, 0.1) is 68.9 Å². The maximum absolute atomic E-state index is 10.5. The van der Waals surface area contributed by atoms with Crippen molar-refractivity contribution in [2.75, 3.05) is 0 Å². The molecular weight excluding hydrogens is 691 g/mol. The van der Waals surface area contributed by atoms with Crippen molar-refractivity contribution in [3.8, 4) is 39.3 Å². The largest absolute Gasteiger partial charge is 0.309 e. The second-order valence-electron chi connectivity index (χ2n) is 13.2. The van der Waals surface area contributed by atoms with E-state index in [1.807, 2.05) is 24.3 Å². The molecule has 0 N–H and O–H groups in total. The van der Waals surface area contributed by atoms with E-state index in [1.165, 1.54) is 4.57 Å². The minimum atomic E-state index is -0.897. The number of nitrogens with zero attached hydrogens (tertiary/aromatic N) is 3. The molecule has 0 bridgehead atoms. The van der Waals surface area contributed by atoms with Crippen LogP contribution in [0.2, 0.25) is 0 Å². The van der Waals surface area contributed by atoms with Crippen LogP contribution >= 0.6 is 0 Å². The maximum Gasteiger partial charge on any atom is 0.0667 e. The van der Waals surface area contributed by atoms with Gasteiger partial charge < -0.3 is 13.7 Å². The van der Waals surface area contributed by atoms with E-state index in [0.717, 1.165) is 9.13 Å². The summed E-state index contributed by atoms with van der Waals surface area (Å²) in [5, 5.41) is -2.30. The zero-order valence-electron chi connectivity index (χ0n) is 51.3. The monoisotopic (exact) mass is 747 g/mol. The molecule has 266 valence electrons. The molecule has 0 aliphatic carbocycles. The summed E-state index contributed by atoms with van der Waals surface area (Å²) in [6.07, 6.45) is 0. The molecule has 3 aromatic heterocycles. The van der Waals surface area contributed by atoms with Crippen LogP contribution in [-0.2, 0) is 0 Å². The Morgan fingerprint density at radius 1 is 0.298 bits per heavy atom. The van der Waals surface area contributed by atoms with E-state index in [1.54, 1.807) is 54.6 Å². The lowest BCUT2D eigenvalue weighted by atomic mass is 9.95. The van der Waals surface area contributed by atoms with Gasteiger partial charge in [-0.25, -0.2) is 0 Å². The van der Waals surface area contributed by atoms with Crippen LogP contribution in [0.3, 0.4) is 0 Å². The van der Waals surface area contributed by atoms with Crippen LogP contribution in [0.1, 0.15) is 30.2 Å². The number of aromatic nitrogens is 3. The average Bonchev–Trinajstić information content (AvgIpc) is 3.25. The van der Waals surface area contributed by atoms with E-state index in [-0.39, 0.29) is 27.5 Å². The molecule has 0 saturated heterocycles. The van der Waals surface area contributed by atoms with Gasteiger partial charge in [-0.15, -0.1) is 0 Å². The second-order valence-corrected chi connectivity index (χ2v) is 13.2. The molecule has 0 aliphatic heterocycles. The van der Waals surface area contributed by atoms with Crippen LogP contribution in [0.5, 0.6) is 0 Å². The topological polar surface area (TPSA) is 14.8 Å². The van der Waals surface area contributed by atoms with Gasteiger partial charge in [-0.05, 0) is 59.5 Å². The zero-order chi connectivity index (χ0) is 56.6. The summed E-state index contributed by atoms with van der Waals surface area (Å²) < 4.78 is 208. The van der Waals surface area contributed by atoms with Gasteiger partial charge >= 0.3 is 0 Å². The third-order valence-corrected chi connectivity index (χ3v) is 10.2. The summed E-state index contributed by atoms with van der Waals surface area (Å²) in [5.41, 5.74) is -1.51. The van der Waals surface area contributed by atoms with Gasteiger partial charge in [0.25, 0.3) is 0 Å². The molecule has 0 aliphatic rings. The van der Waals surface area contributed by atoms with Crippen molar-refractivity contribution < 1.29 is 30.2 Å². The van der Waals surface area contributed by atoms with Gasteiger partial charge in [-0.2, -0.15) is 0 Å². The minimum Gasteiger partial charge on any atom is -0.309 e. The summed E-state index contributed by atoms with van der Waals surface area (Å²) >= 11 is 0. The molecular formula is C54H35N3. The van der Waals surface area contributed by atoms with Crippen molar-refractivity contribution in [2.24, 2.45) is 0 Å². The van der Waals surface area contributed by atoms with Crippen molar-refractivity contribution in [3.63, 3.8) is 0 Å². The third kappa shape index (κ3) is 4.73. The number of rotatable bonds is 5. The maximum atomic E-state index is 10.5. The number of hydrogen-bond donors (Lipinski definition) is 0. The summed E-state index contributed by atoms with van der Waals surface area (Å²) in [6.45, 7) is 0. The SMILES string of the molecule is [2H]c1c([2H])c([2H])c2c(c1[2H])c1c([2H])c([2H])c([2H])c([2H])c1n2-c1c([2H])c([2H])c2c3c([2H])c([2H])c([2H])c([2H])c3n(-c3c([2H])c([2H])c4c5c([2H])c([2H])c([2H])c([2H])c5n(-c5c(-c6ccccc6)cccc5-c5ccccc5)c4c3[2H])c2c1[2H]. The van der Waals surface area contributed by atoms with E-state index in [2.05, 4.69) is 0 Å². The standard InChI is InChI=1S/C54H35N3/c1-3-16-36(17-4-1)40-24-15-25-41(37-18-5-2-6-19-37)54(40)57-51-29-14-10-23-45(51)47-33-31-39(35-53(47)57)56-50-28-13-9-22-44(50)46-32-30-38(34-52(46)56)55-48-26-11-7-20-42(48)43-21-8-12-27-49(43)55/h1-35H/i7D,8D,9D,10D,11D,12D,13D,14D,20D,21D,22D,23D,26D,27D,28D,29D,30D,31D,32D,33D,34D,35D. The molecule has 57 heavy (non-hydrogen) atoms. The second kappa shape index (κ2) is 12.5. The molecule has 12 aromatic rings. The summed E-state index contributed by atoms with van der Waals surface area (Å²) in [4.78, 5) is 0. The van der Waals surface area contributed by atoms with Crippen molar-refractivity contribution in [1.82, 2.24) is 13.7 Å². The van der Waals surface area contributed by atoms with Gasteiger partial charge in [-0.1, -0.05) is 163 Å². The van der Waals surface area contributed by atoms with E-state index >= 15 is 0 Å². The van der Waals surface area contributed by atoms with Crippen LogP contribution in [0.4, 0.5) is 0 Å². The first-order valence-electron chi connectivity index (χ1n) is 28.8. The minimum absolute atomic E-state index is 0.194. The van der Waals surface area contributed by atoms with Crippen molar-refractivity contribution in [2.45, 2.75) is 0 Å². The van der Waals surface area contributed by atoms with Crippen LogP contribution in [-0.4, -0.2) is 13.7 Å². The fraction of sp³-hybridized carbons (Fsp3) is 0. The van der Waals surface area contributed by atoms with Crippen LogP contribution in [0.25, 0.3) is 105 Å². The van der Waals surface area contributed by atoms with E-state index in [9.17, 15) is 16.4 Å². The molecule has 0 unspecified atom stereocenters. The third-order valence-electron chi connectivity index (χ3n) is 10.2. The Balaban J connectivity index is 1.36. The highest BCUT2D eigenvalue weighted by atomic mass is 15.0. The lowest BCUT2D eigenvalue weighted by Gasteiger charge is -2.19. The highest BCUT2D eigenvalue weighted by Gasteiger charge is 2.22. The Labute approximate surface area is 360 Å². The molecule has 9 aromatic carbocycles. The highest BCUT2D eigenvalue weighted by Crippen LogP contribution is 2.43. The lowest BCUT2D eigenvalue weighted by Crippen LogP contribution is -2.01. The molecule has 3 heteroatoms. The first-order valence-corrected chi connectivity index (χ1v) is 17.8. The summed E-state index contributed by atoms with van der Waals surface area (Å²) in [7, 11) is 0. The van der Waals surface area contributed by atoms with Crippen molar-refractivity contribution in [1.29, 1.82) is 0 Å². The first kappa shape index (κ1) is 17.0. The van der Waals surface area contributed by atoms with Gasteiger partial charge in [0.15, 0.2) is 0 Å². The van der Waals surface area contributed by atoms with E-state index in [0.29, 0.717) is 22.3 Å². The summed E-state index contributed by atoms with van der Waals surface area (Å²) in [5.74, 6) is 0. The molecule has 12 rings (SSSR count). The van der Waals surface area contributed by atoms with Gasteiger partial charge in [-0.3, -0.25) is 0 Å². The quantitative estimate of drug-likeness (QED) is 0.167. The Hall–Kier alpha value is -7.62. The highest BCUT2D eigenvalue weighted by molar-refractivity contribution is 6.14. The summed E-state index contributed by atoms with van der Waals surface area (Å²) in [6, 6.07) is 6.40. The van der Waals surface area contributed by atoms with Gasteiger partial charge in [0.2, 0.25) is 0 Å². The normalized spacial score (nSPS) is 17.3. The van der Waals surface area contributed by atoms with Crippen molar-refractivity contribution >= 4 is 65.4 Å². The molecule has 0 radical (unpaired) electrons. The molecule has 3 heterocycles. The van der Waals surface area contributed by atoms with Crippen molar-refractivity contribution in [3.05, 3.63) is 212 Å². The Morgan fingerprint density at radius 2 is 0.649 bits per heavy atom. The van der Waals surface area contributed by atoms with Gasteiger partial charge in [0, 0.05) is 54.8 Å². The number of para-hydroxylation sites is 5. The molecule has 3 nitrogen and oxygen atoms in total. The predicted molar refractivity (Wildman–Crippen MR) is 240 cm³/mol. The average molecular weight is 748 g/mol. The Morgan fingerprint density at radius 3 is 1.09 bits per heavy atom. The smallest absolute Gasteiger partial charge is 0.0667 e. The fourth-order valence-corrected chi connectivity index (χ4v) is 7.80.